The Labute approximate surface area is 109 Å². The van der Waals surface area contributed by atoms with Crippen LogP contribution >= 0.6 is 11.6 Å². The highest BCUT2D eigenvalue weighted by Gasteiger charge is 2.35. The minimum Gasteiger partial charge on any atom is -0.480 e. The Morgan fingerprint density at radius 2 is 2.33 bits per heavy atom. The van der Waals surface area contributed by atoms with Crippen molar-refractivity contribution >= 4 is 23.4 Å². The topological polar surface area (TPSA) is 95.9 Å². The van der Waals surface area contributed by atoms with E-state index in [1.807, 2.05) is 0 Å². The zero-order valence-corrected chi connectivity index (χ0v) is 10.8. The number of nitrogens with zero attached hydrogens (tertiary/aromatic N) is 5. The smallest absolute Gasteiger partial charge is 0.237 e. The summed E-state index contributed by atoms with van der Waals surface area (Å²) in [5, 5.41) is 4.11. The molecule has 0 saturated heterocycles. The van der Waals surface area contributed by atoms with E-state index in [-0.39, 0.29) is 11.6 Å². The fourth-order valence-electron chi connectivity index (χ4n) is 1.78. The zero-order valence-electron chi connectivity index (χ0n) is 10.00. The highest BCUT2D eigenvalue weighted by Crippen LogP contribution is 2.24. The lowest BCUT2D eigenvalue weighted by atomic mass is 10.3. The largest absolute Gasteiger partial charge is 0.480 e. The Kier molecular flexibility index (Phi) is 3.37. The van der Waals surface area contributed by atoms with E-state index in [0.717, 1.165) is 0 Å². The summed E-state index contributed by atoms with van der Waals surface area (Å²) in [5.41, 5.74) is 5.39. The van der Waals surface area contributed by atoms with Gasteiger partial charge in [0, 0.05) is 0 Å². The number of nitroso groups, excluding NO2 is 1. The third-order valence-corrected chi connectivity index (χ3v) is 3.08. The average molecular weight is 273 g/mol. The molecule has 0 aromatic rings. The summed E-state index contributed by atoms with van der Waals surface area (Å²) >= 11 is 6.23. The van der Waals surface area contributed by atoms with Crippen molar-refractivity contribution < 1.29 is 4.74 Å². The molecular formula is C9H13ClN6O2. The van der Waals surface area contributed by atoms with Gasteiger partial charge in [-0.15, -0.1) is 4.91 Å². The first-order valence-corrected chi connectivity index (χ1v) is 5.71. The molecule has 0 radical (unpaired) electrons. The number of alkyl halides is 1. The molecule has 0 fully saturated rings. The Morgan fingerprint density at radius 3 is 2.94 bits per heavy atom. The van der Waals surface area contributed by atoms with E-state index >= 15 is 0 Å². The van der Waals surface area contributed by atoms with Crippen molar-refractivity contribution in [2.45, 2.75) is 12.4 Å². The summed E-state index contributed by atoms with van der Waals surface area (Å²) in [6.07, 6.45) is 0. The average Bonchev–Trinajstić information content (AvgIpc) is 2.82. The first-order chi connectivity index (χ1) is 8.60. The highest BCUT2D eigenvalue weighted by atomic mass is 35.5. The first-order valence-electron chi connectivity index (χ1n) is 5.27. The summed E-state index contributed by atoms with van der Waals surface area (Å²) in [4.78, 5) is 20.6. The minimum absolute atomic E-state index is 0.269. The maximum absolute atomic E-state index is 10.7. The lowest BCUT2D eigenvalue weighted by Crippen LogP contribution is -2.50. The Bertz CT molecular complexity index is 460. The monoisotopic (exact) mass is 272 g/mol. The number of nitrogens with two attached hydrogens (primary N) is 1. The molecule has 18 heavy (non-hydrogen) atoms. The Balaban J connectivity index is 2.34. The van der Waals surface area contributed by atoms with Crippen LogP contribution in [0.15, 0.2) is 26.9 Å². The molecule has 2 rings (SSSR count). The summed E-state index contributed by atoms with van der Waals surface area (Å²) in [5.74, 6) is 1.16. The van der Waals surface area contributed by atoms with E-state index < -0.39 is 5.50 Å². The van der Waals surface area contributed by atoms with Gasteiger partial charge >= 0.3 is 0 Å². The van der Waals surface area contributed by atoms with Crippen molar-refractivity contribution in [1.82, 2.24) is 9.91 Å². The second kappa shape index (κ2) is 4.81. The van der Waals surface area contributed by atoms with Crippen molar-refractivity contribution in [3.05, 3.63) is 16.5 Å². The number of guanidine groups is 1. The molecule has 8 nitrogen and oxygen atoms in total. The zero-order chi connectivity index (χ0) is 13.3. The van der Waals surface area contributed by atoms with Gasteiger partial charge in [-0.05, 0) is 6.92 Å². The van der Waals surface area contributed by atoms with Gasteiger partial charge in [-0.3, -0.25) is 4.90 Å². The van der Waals surface area contributed by atoms with Crippen LogP contribution < -0.4 is 5.73 Å². The van der Waals surface area contributed by atoms with Crippen LogP contribution in [0.25, 0.3) is 0 Å². The Hall–Kier alpha value is -1.83. The van der Waals surface area contributed by atoms with E-state index in [1.54, 1.807) is 11.8 Å². The molecule has 2 aliphatic rings. The number of halogens is 1. The molecular weight excluding hydrogens is 260 g/mol. The molecule has 9 heteroatoms. The van der Waals surface area contributed by atoms with Gasteiger partial charge in [-0.25, -0.2) is 4.99 Å². The van der Waals surface area contributed by atoms with Gasteiger partial charge in [0.05, 0.1) is 25.5 Å². The number of methoxy groups -OCH3 is 1. The van der Waals surface area contributed by atoms with Crippen LogP contribution in [-0.4, -0.2) is 47.4 Å². The van der Waals surface area contributed by atoms with Gasteiger partial charge in [0.25, 0.3) is 0 Å². The molecule has 2 aliphatic heterocycles. The molecule has 1 unspecified atom stereocenters. The normalized spacial score (nSPS) is 24.1. The van der Waals surface area contributed by atoms with E-state index in [9.17, 15) is 4.91 Å². The molecule has 0 amide bonds. The number of amidine groups is 1. The molecule has 0 aromatic heterocycles. The third-order valence-electron chi connectivity index (χ3n) is 2.65. The predicted molar refractivity (Wildman–Crippen MR) is 67.6 cm³/mol. The molecule has 0 spiro atoms. The van der Waals surface area contributed by atoms with Crippen molar-refractivity contribution in [2.75, 3.05) is 20.2 Å². The van der Waals surface area contributed by atoms with Gasteiger partial charge in [0.2, 0.25) is 11.8 Å². The van der Waals surface area contributed by atoms with Gasteiger partial charge < -0.3 is 10.5 Å². The summed E-state index contributed by atoms with van der Waals surface area (Å²) in [6, 6.07) is 0. The maximum Gasteiger partial charge on any atom is 0.237 e. The molecule has 98 valence electrons. The van der Waals surface area contributed by atoms with E-state index in [0.29, 0.717) is 24.9 Å². The third kappa shape index (κ3) is 1.88. The molecule has 0 saturated carbocycles. The van der Waals surface area contributed by atoms with E-state index in [4.69, 9.17) is 22.1 Å². The number of aliphatic imine (C=N–C) groups is 2. The summed E-state index contributed by atoms with van der Waals surface area (Å²) in [6.45, 7) is 2.63. The highest BCUT2D eigenvalue weighted by molar-refractivity contribution is 6.25. The molecule has 2 heterocycles. The fraction of sp³-hybridized carbons (Fsp3) is 0.556. The van der Waals surface area contributed by atoms with Crippen LogP contribution in [0, 0.1) is 4.91 Å². The SMILES string of the molecule is COC1=C(N)C(Cl)N(C2=NCCN2N=O)C(C)=N1. The number of hydrogen-bond acceptors (Lipinski definition) is 7. The Morgan fingerprint density at radius 1 is 1.61 bits per heavy atom. The lowest BCUT2D eigenvalue weighted by molar-refractivity contribution is 0.272. The lowest BCUT2D eigenvalue weighted by Gasteiger charge is -2.33. The molecule has 0 bridgehead atoms. The summed E-state index contributed by atoms with van der Waals surface area (Å²) < 4.78 is 5.03. The van der Waals surface area contributed by atoms with Crippen LogP contribution in [0.1, 0.15) is 6.92 Å². The van der Waals surface area contributed by atoms with Gasteiger partial charge in [0.1, 0.15) is 11.5 Å². The van der Waals surface area contributed by atoms with Crippen LogP contribution in [0.5, 0.6) is 0 Å². The molecule has 2 N–H and O–H groups in total. The van der Waals surface area contributed by atoms with Crippen molar-refractivity contribution in [3.8, 4) is 0 Å². The predicted octanol–water partition coefficient (Wildman–Crippen LogP) is 0.413. The molecule has 0 aromatic carbocycles. The maximum atomic E-state index is 10.7. The molecule has 0 aliphatic carbocycles. The van der Waals surface area contributed by atoms with Crippen LogP contribution in [-0.2, 0) is 4.74 Å². The first kappa shape index (κ1) is 12.6. The van der Waals surface area contributed by atoms with Gasteiger partial charge in [0.15, 0.2) is 5.50 Å². The minimum atomic E-state index is -0.710. The number of ether oxygens (including phenoxy) is 1. The fourth-order valence-corrected chi connectivity index (χ4v) is 2.11. The van der Waals surface area contributed by atoms with E-state index in [1.165, 1.54) is 12.1 Å². The quantitative estimate of drug-likeness (QED) is 0.446. The second-order valence-electron chi connectivity index (χ2n) is 3.72. The number of rotatable bonds is 2. The van der Waals surface area contributed by atoms with Crippen LogP contribution in [0.3, 0.4) is 0 Å². The van der Waals surface area contributed by atoms with Crippen molar-refractivity contribution in [1.29, 1.82) is 0 Å². The van der Waals surface area contributed by atoms with Gasteiger partial charge in [-0.2, -0.15) is 10.0 Å². The van der Waals surface area contributed by atoms with Crippen molar-refractivity contribution in [3.63, 3.8) is 0 Å². The van der Waals surface area contributed by atoms with E-state index in [2.05, 4.69) is 15.3 Å². The summed E-state index contributed by atoms with van der Waals surface area (Å²) in [7, 11) is 1.46. The van der Waals surface area contributed by atoms with Crippen LogP contribution in [0.2, 0.25) is 0 Å². The van der Waals surface area contributed by atoms with Gasteiger partial charge in [-0.1, -0.05) is 11.6 Å². The molecule has 1 atom stereocenters. The standard InChI is InChI=1S/C9H13ClN6O2/c1-5-13-8(18-2)6(11)7(10)16(5)9-12-3-4-15(9)14-17/h7H,3-4,11H2,1-2H3. The second-order valence-corrected chi connectivity index (χ2v) is 4.13. The number of hydrogen-bond donors (Lipinski definition) is 1. The van der Waals surface area contributed by atoms with Crippen molar-refractivity contribution in [2.24, 2.45) is 21.0 Å². The van der Waals surface area contributed by atoms with Crippen LogP contribution in [0.4, 0.5) is 0 Å².